The van der Waals surface area contributed by atoms with E-state index in [2.05, 4.69) is 36.2 Å². The summed E-state index contributed by atoms with van der Waals surface area (Å²) in [6.45, 7) is 9.05. The van der Waals surface area contributed by atoms with Gasteiger partial charge in [0.25, 0.3) is 0 Å². The van der Waals surface area contributed by atoms with Gasteiger partial charge in [0.2, 0.25) is 0 Å². The van der Waals surface area contributed by atoms with Crippen LogP contribution in [0.3, 0.4) is 0 Å². The van der Waals surface area contributed by atoms with E-state index < -0.39 is 0 Å². The van der Waals surface area contributed by atoms with Crippen LogP contribution in [0.15, 0.2) is 18.2 Å². The summed E-state index contributed by atoms with van der Waals surface area (Å²) in [6, 6.07) is 9.55. The third-order valence-corrected chi connectivity index (χ3v) is 4.45. The van der Waals surface area contributed by atoms with E-state index in [4.69, 9.17) is 10.5 Å². The molecule has 0 saturated carbocycles. The monoisotopic (exact) mass is 310 g/mol. The molecule has 1 aromatic carbocycles. The minimum Gasteiger partial charge on any atom is -0.383 e. The number of unbranched alkanes of at least 4 members (excludes halogenated alkanes) is 1. The molecule has 1 aromatic rings. The van der Waals surface area contributed by atoms with Gasteiger partial charge in [0.1, 0.15) is 12.1 Å². The SMILES string of the molecule is CC1CC(C)CN(CCCCNc2c(C#N)cccc2C#N)C1. The summed E-state index contributed by atoms with van der Waals surface area (Å²) in [5, 5.41) is 21.6. The Labute approximate surface area is 139 Å². The Bertz CT molecular complexity index is 554. The molecule has 2 unspecified atom stereocenters. The van der Waals surface area contributed by atoms with Gasteiger partial charge in [-0.25, -0.2) is 0 Å². The van der Waals surface area contributed by atoms with Crippen molar-refractivity contribution in [3.63, 3.8) is 0 Å². The van der Waals surface area contributed by atoms with Crippen molar-refractivity contribution >= 4 is 5.69 Å². The zero-order chi connectivity index (χ0) is 16.7. The van der Waals surface area contributed by atoms with E-state index in [1.165, 1.54) is 19.5 Å². The third-order valence-electron chi connectivity index (χ3n) is 4.45. The van der Waals surface area contributed by atoms with Crippen LogP contribution < -0.4 is 5.32 Å². The Kier molecular flexibility index (Phi) is 6.44. The van der Waals surface area contributed by atoms with Crippen molar-refractivity contribution in [3.05, 3.63) is 29.3 Å². The molecule has 0 radical (unpaired) electrons. The molecule has 0 amide bonds. The predicted octanol–water partition coefficient (Wildman–Crippen LogP) is 3.60. The fourth-order valence-electron chi connectivity index (χ4n) is 3.58. The molecular weight excluding hydrogens is 284 g/mol. The van der Waals surface area contributed by atoms with Crippen LogP contribution in [0.1, 0.15) is 44.2 Å². The van der Waals surface area contributed by atoms with Crippen molar-refractivity contribution in [2.24, 2.45) is 11.8 Å². The van der Waals surface area contributed by atoms with Gasteiger partial charge >= 0.3 is 0 Å². The van der Waals surface area contributed by atoms with Crippen molar-refractivity contribution in [2.45, 2.75) is 33.1 Å². The second-order valence-electron chi connectivity index (χ2n) is 6.79. The maximum atomic E-state index is 9.15. The van der Waals surface area contributed by atoms with Crippen LogP contribution in [0.4, 0.5) is 5.69 Å². The van der Waals surface area contributed by atoms with Crippen molar-refractivity contribution in [1.29, 1.82) is 10.5 Å². The lowest BCUT2D eigenvalue weighted by Crippen LogP contribution is -2.39. The summed E-state index contributed by atoms with van der Waals surface area (Å²) in [4.78, 5) is 2.57. The molecule has 1 aliphatic heterocycles. The summed E-state index contributed by atoms with van der Waals surface area (Å²) in [5.74, 6) is 1.61. The first-order valence-corrected chi connectivity index (χ1v) is 8.53. The average Bonchev–Trinajstić information content (AvgIpc) is 2.53. The van der Waals surface area contributed by atoms with E-state index in [0.29, 0.717) is 16.8 Å². The number of likely N-dealkylation sites (tertiary alicyclic amines) is 1. The number of hydrogen-bond acceptors (Lipinski definition) is 4. The molecule has 1 heterocycles. The lowest BCUT2D eigenvalue weighted by molar-refractivity contribution is 0.139. The molecule has 0 bridgehead atoms. The molecule has 4 nitrogen and oxygen atoms in total. The summed E-state index contributed by atoms with van der Waals surface area (Å²) in [6.07, 6.45) is 3.53. The number of rotatable bonds is 6. The number of piperidine rings is 1. The third kappa shape index (κ3) is 4.98. The normalized spacial score (nSPS) is 21.4. The first kappa shape index (κ1) is 17.3. The second kappa shape index (κ2) is 8.56. The predicted molar refractivity (Wildman–Crippen MR) is 93.0 cm³/mol. The average molecular weight is 310 g/mol. The Morgan fingerprint density at radius 3 is 2.26 bits per heavy atom. The van der Waals surface area contributed by atoms with Gasteiger partial charge in [-0.2, -0.15) is 10.5 Å². The van der Waals surface area contributed by atoms with Gasteiger partial charge in [-0.3, -0.25) is 0 Å². The van der Waals surface area contributed by atoms with Gasteiger partial charge in [-0.1, -0.05) is 19.9 Å². The topological polar surface area (TPSA) is 62.9 Å². The smallest absolute Gasteiger partial charge is 0.101 e. The van der Waals surface area contributed by atoms with Gasteiger partial charge in [0.15, 0.2) is 0 Å². The Balaban J connectivity index is 1.76. The minimum atomic E-state index is 0.544. The number of hydrogen-bond donors (Lipinski definition) is 1. The van der Waals surface area contributed by atoms with E-state index in [-0.39, 0.29) is 0 Å². The number of nitrogens with one attached hydrogen (secondary N) is 1. The van der Waals surface area contributed by atoms with Gasteiger partial charge in [0.05, 0.1) is 16.8 Å². The summed E-state index contributed by atoms with van der Waals surface area (Å²) in [5.41, 5.74) is 1.77. The standard InChI is InChI=1S/C19H26N4/c1-15-10-16(2)14-23(13-15)9-4-3-8-22-19-17(11-20)6-5-7-18(19)12-21/h5-7,15-16,22H,3-4,8-10,13-14H2,1-2H3. The van der Waals surface area contributed by atoms with Crippen LogP contribution >= 0.6 is 0 Å². The van der Waals surface area contributed by atoms with Gasteiger partial charge < -0.3 is 10.2 Å². The highest BCUT2D eigenvalue weighted by atomic mass is 15.1. The number of nitriles is 2. The highest BCUT2D eigenvalue weighted by molar-refractivity contribution is 5.66. The van der Waals surface area contributed by atoms with Crippen molar-refractivity contribution < 1.29 is 0 Å². The highest BCUT2D eigenvalue weighted by Crippen LogP contribution is 2.22. The van der Waals surface area contributed by atoms with Crippen molar-refractivity contribution in [3.8, 4) is 12.1 Å². The summed E-state index contributed by atoms with van der Waals surface area (Å²) >= 11 is 0. The molecular formula is C19H26N4. The number of benzene rings is 1. The molecule has 2 atom stereocenters. The number of nitrogens with zero attached hydrogens (tertiary/aromatic N) is 3. The Morgan fingerprint density at radius 2 is 1.70 bits per heavy atom. The van der Waals surface area contributed by atoms with Crippen molar-refractivity contribution in [2.75, 3.05) is 31.5 Å². The molecule has 0 spiro atoms. The van der Waals surface area contributed by atoms with Crippen LogP contribution in [0.5, 0.6) is 0 Å². The van der Waals surface area contributed by atoms with Crippen LogP contribution in [0, 0.1) is 34.5 Å². The van der Waals surface area contributed by atoms with E-state index >= 15 is 0 Å². The van der Waals surface area contributed by atoms with Crippen LogP contribution in [0.25, 0.3) is 0 Å². The zero-order valence-electron chi connectivity index (χ0n) is 14.2. The van der Waals surface area contributed by atoms with Crippen molar-refractivity contribution in [1.82, 2.24) is 4.90 Å². The molecule has 0 aromatic heterocycles. The highest BCUT2D eigenvalue weighted by Gasteiger charge is 2.20. The lowest BCUT2D eigenvalue weighted by atomic mass is 9.92. The zero-order valence-corrected chi connectivity index (χ0v) is 14.2. The van der Waals surface area contributed by atoms with E-state index in [1.807, 2.05) is 0 Å². The molecule has 1 fully saturated rings. The molecule has 4 heteroatoms. The molecule has 1 N–H and O–H groups in total. The quantitative estimate of drug-likeness (QED) is 0.815. The van der Waals surface area contributed by atoms with E-state index in [9.17, 15) is 0 Å². The van der Waals surface area contributed by atoms with Gasteiger partial charge in [-0.05, 0) is 49.8 Å². The fourth-order valence-corrected chi connectivity index (χ4v) is 3.58. The first-order valence-electron chi connectivity index (χ1n) is 8.53. The first-order chi connectivity index (χ1) is 11.1. The molecule has 122 valence electrons. The van der Waals surface area contributed by atoms with E-state index in [1.54, 1.807) is 18.2 Å². The summed E-state index contributed by atoms with van der Waals surface area (Å²) in [7, 11) is 0. The molecule has 23 heavy (non-hydrogen) atoms. The van der Waals surface area contributed by atoms with Gasteiger partial charge in [-0.15, -0.1) is 0 Å². The Morgan fingerprint density at radius 1 is 1.09 bits per heavy atom. The van der Waals surface area contributed by atoms with Crippen LogP contribution in [-0.2, 0) is 0 Å². The Hall–Kier alpha value is -2.04. The van der Waals surface area contributed by atoms with Crippen LogP contribution in [0.2, 0.25) is 0 Å². The number of anilines is 1. The second-order valence-corrected chi connectivity index (χ2v) is 6.79. The molecule has 1 saturated heterocycles. The van der Waals surface area contributed by atoms with E-state index in [0.717, 1.165) is 37.8 Å². The fraction of sp³-hybridized carbons (Fsp3) is 0.579. The maximum Gasteiger partial charge on any atom is 0.101 e. The molecule has 2 rings (SSSR count). The lowest BCUT2D eigenvalue weighted by Gasteiger charge is -2.34. The molecule has 0 aliphatic carbocycles. The largest absolute Gasteiger partial charge is 0.383 e. The maximum absolute atomic E-state index is 9.15. The minimum absolute atomic E-state index is 0.544. The summed E-state index contributed by atoms with van der Waals surface area (Å²) < 4.78 is 0. The molecule has 1 aliphatic rings. The van der Waals surface area contributed by atoms with Crippen LogP contribution in [-0.4, -0.2) is 31.1 Å². The van der Waals surface area contributed by atoms with Gasteiger partial charge in [0, 0.05) is 19.6 Å². The number of para-hydroxylation sites is 1.